The van der Waals surface area contributed by atoms with Gasteiger partial charge in [-0.15, -0.1) is 0 Å². The van der Waals surface area contributed by atoms with Crippen LogP contribution in [0.1, 0.15) is 42.0 Å². The van der Waals surface area contributed by atoms with Gasteiger partial charge in [-0.3, -0.25) is 14.4 Å². The van der Waals surface area contributed by atoms with Crippen molar-refractivity contribution >= 4 is 23.5 Å². The van der Waals surface area contributed by atoms with Crippen molar-refractivity contribution < 1.29 is 19.1 Å². The average molecular weight is 423 g/mol. The number of carbonyl (C=O) groups excluding carboxylic acids is 3. The minimum Gasteiger partial charge on any atom is -0.427 e. The number of anilines is 1. The molecule has 1 saturated heterocycles. The van der Waals surface area contributed by atoms with Gasteiger partial charge >= 0.3 is 5.97 Å². The number of carbonyl (C=O) groups is 3. The van der Waals surface area contributed by atoms with E-state index in [9.17, 15) is 14.4 Å². The third kappa shape index (κ3) is 2.25. The Kier molecular flexibility index (Phi) is 3.79. The van der Waals surface area contributed by atoms with E-state index in [1.54, 1.807) is 24.3 Å². The van der Waals surface area contributed by atoms with Gasteiger partial charge in [0.05, 0.1) is 17.5 Å². The molecule has 7 rings (SSSR count). The standard InChI is InChI=1S/C27H21NO4/c1-15(29)32-17-9-7-8-16(14-17)28-25(30)23-22-18-10-3-5-12-20(18)27(2,24(23)26(28)31)21-13-6-4-11-19(21)22/h3-14,22-24H,1-2H3/t22?,23-,24-,27?/m0/s1. The van der Waals surface area contributed by atoms with Crippen LogP contribution in [0.25, 0.3) is 0 Å². The molecule has 2 atom stereocenters. The summed E-state index contributed by atoms with van der Waals surface area (Å²) in [5, 5.41) is 0. The largest absolute Gasteiger partial charge is 0.427 e. The number of imide groups is 1. The third-order valence-corrected chi connectivity index (χ3v) is 7.38. The molecule has 1 heterocycles. The SMILES string of the molecule is CC(=O)Oc1cccc(N2C(=O)[C@@H]3[C@@H](C2=O)C2c4ccccc4C3(C)c3ccccc32)c1. The van der Waals surface area contributed by atoms with Crippen LogP contribution in [0.15, 0.2) is 72.8 Å². The smallest absolute Gasteiger partial charge is 0.308 e. The van der Waals surface area contributed by atoms with Gasteiger partial charge in [-0.25, -0.2) is 4.90 Å². The molecular formula is C27H21NO4. The zero-order valence-electron chi connectivity index (χ0n) is 17.7. The molecule has 2 bridgehead atoms. The number of benzene rings is 3. The van der Waals surface area contributed by atoms with Crippen molar-refractivity contribution in [3.8, 4) is 5.75 Å². The summed E-state index contributed by atoms with van der Waals surface area (Å²) in [6.07, 6.45) is 0. The number of hydrogen-bond acceptors (Lipinski definition) is 4. The topological polar surface area (TPSA) is 63.7 Å². The summed E-state index contributed by atoms with van der Waals surface area (Å²) in [6.45, 7) is 3.42. The summed E-state index contributed by atoms with van der Waals surface area (Å²) >= 11 is 0. The summed E-state index contributed by atoms with van der Waals surface area (Å²) in [5.74, 6) is -1.64. The van der Waals surface area contributed by atoms with Crippen molar-refractivity contribution in [3.63, 3.8) is 0 Å². The van der Waals surface area contributed by atoms with E-state index in [2.05, 4.69) is 31.2 Å². The lowest BCUT2D eigenvalue weighted by Crippen LogP contribution is -2.51. The number of nitrogens with zero attached hydrogens (tertiary/aromatic N) is 1. The van der Waals surface area contributed by atoms with Gasteiger partial charge in [-0.05, 0) is 34.4 Å². The van der Waals surface area contributed by atoms with Gasteiger partial charge in [-0.2, -0.15) is 0 Å². The highest BCUT2D eigenvalue weighted by Gasteiger charge is 2.66. The predicted molar refractivity (Wildman–Crippen MR) is 118 cm³/mol. The third-order valence-electron chi connectivity index (χ3n) is 7.38. The monoisotopic (exact) mass is 423 g/mol. The maximum atomic E-state index is 13.9. The Hall–Kier alpha value is -3.73. The number of amides is 2. The van der Waals surface area contributed by atoms with Crippen molar-refractivity contribution in [2.45, 2.75) is 25.2 Å². The predicted octanol–water partition coefficient (Wildman–Crippen LogP) is 4.18. The Morgan fingerprint density at radius 3 is 2.12 bits per heavy atom. The molecule has 32 heavy (non-hydrogen) atoms. The molecule has 3 aliphatic carbocycles. The Morgan fingerprint density at radius 2 is 1.50 bits per heavy atom. The Bertz CT molecular complexity index is 1280. The van der Waals surface area contributed by atoms with Crippen LogP contribution in [-0.2, 0) is 19.8 Å². The van der Waals surface area contributed by atoms with Gasteiger partial charge in [0.15, 0.2) is 0 Å². The fraction of sp³-hybridized carbons (Fsp3) is 0.222. The lowest BCUT2D eigenvalue weighted by atomic mass is 9.48. The van der Waals surface area contributed by atoms with Gasteiger partial charge in [0.1, 0.15) is 5.75 Å². The second-order valence-corrected chi connectivity index (χ2v) is 8.96. The molecule has 0 unspecified atom stereocenters. The van der Waals surface area contributed by atoms with Crippen LogP contribution >= 0.6 is 0 Å². The zero-order chi connectivity index (χ0) is 22.2. The summed E-state index contributed by atoms with van der Waals surface area (Å²) in [7, 11) is 0. The van der Waals surface area contributed by atoms with E-state index in [1.165, 1.54) is 11.8 Å². The minimum absolute atomic E-state index is 0.160. The minimum atomic E-state index is -0.596. The highest BCUT2D eigenvalue weighted by molar-refractivity contribution is 6.23. The summed E-state index contributed by atoms with van der Waals surface area (Å²) in [5.41, 5.74) is 4.35. The molecule has 3 aromatic carbocycles. The van der Waals surface area contributed by atoms with Gasteiger partial charge < -0.3 is 4.74 Å². The fourth-order valence-electron chi connectivity index (χ4n) is 6.26. The average Bonchev–Trinajstić information content (AvgIpc) is 3.05. The van der Waals surface area contributed by atoms with Crippen LogP contribution in [0, 0.1) is 11.8 Å². The lowest BCUT2D eigenvalue weighted by Gasteiger charge is -2.52. The molecule has 5 heteroatoms. The first-order valence-electron chi connectivity index (χ1n) is 10.8. The van der Waals surface area contributed by atoms with Crippen molar-refractivity contribution in [1.82, 2.24) is 0 Å². The van der Waals surface area contributed by atoms with Gasteiger partial charge in [0.2, 0.25) is 11.8 Å². The zero-order valence-corrected chi connectivity index (χ0v) is 17.7. The van der Waals surface area contributed by atoms with Crippen LogP contribution < -0.4 is 9.64 Å². The first kappa shape index (κ1) is 19.0. The van der Waals surface area contributed by atoms with Crippen molar-refractivity contribution in [2.24, 2.45) is 11.8 Å². The second-order valence-electron chi connectivity index (χ2n) is 8.96. The molecule has 4 aliphatic rings. The molecular weight excluding hydrogens is 402 g/mol. The van der Waals surface area contributed by atoms with E-state index >= 15 is 0 Å². The normalized spacial score (nSPS) is 27.1. The first-order valence-corrected chi connectivity index (χ1v) is 10.8. The van der Waals surface area contributed by atoms with E-state index in [-0.39, 0.29) is 17.7 Å². The van der Waals surface area contributed by atoms with Gasteiger partial charge in [0, 0.05) is 24.3 Å². The maximum Gasteiger partial charge on any atom is 0.308 e. The van der Waals surface area contributed by atoms with E-state index in [4.69, 9.17) is 4.74 Å². The molecule has 1 fully saturated rings. The number of esters is 1. The van der Waals surface area contributed by atoms with Crippen LogP contribution in [0.3, 0.4) is 0 Å². The molecule has 0 spiro atoms. The Labute approximate surface area is 185 Å². The molecule has 0 radical (unpaired) electrons. The molecule has 5 nitrogen and oxygen atoms in total. The van der Waals surface area contributed by atoms with Crippen molar-refractivity contribution in [3.05, 3.63) is 95.1 Å². The highest BCUT2D eigenvalue weighted by atomic mass is 16.5. The second kappa shape index (κ2) is 6.39. The van der Waals surface area contributed by atoms with Crippen molar-refractivity contribution in [2.75, 3.05) is 4.90 Å². The van der Waals surface area contributed by atoms with E-state index in [1.807, 2.05) is 24.3 Å². The van der Waals surface area contributed by atoms with E-state index in [0.29, 0.717) is 11.4 Å². The molecule has 0 aromatic heterocycles. The molecule has 158 valence electrons. The molecule has 2 amide bonds. The van der Waals surface area contributed by atoms with Gasteiger partial charge in [0.25, 0.3) is 0 Å². The fourth-order valence-corrected chi connectivity index (χ4v) is 6.26. The van der Waals surface area contributed by atoms with E-state index in [0.717, 1.165) is 22.3 Å². The molecule has 0 saturated carbocycles. The molecule has 0 N–H and O–H groups in total. The summed E-state index contributed by atoms with van der Waals surface area (Å²) in [4.78, 5) is 40.4. The first-order chi connectivity index (χ1) is 15.4. The number of rotatable bonds is 2. The van der Waals surface area contributed by atoms with E-state index < -0.39 is 23.2 Å². The molecule has 3 aromatic rings. The number of hydrogen-bond donors (Lipinski definition) is 0. The van der Waals surface area contributed by atoms with Crippen LogP contribution in [0.5, 0.6) is 5.75 Å². The van der Waals surface area contributed by atoms with Crippen LogP contribution in [0.4, 0.5) is 5.69 Å². The van der Waals surface area contributed by atoms with Crippen LogP contribution in [0.2, 0.25) is 0 Å². The van der Waals surface area contributed by atoms with Crippen molar-refractivity contribution in [1.29, 1.82) is 0 Å². The lowest BCUT2D eigenvalue weighted by molar-refractivity contribution is -0.132. The quantitative estimate of drug-likeness (QED) is 0.352. The summed E-state index contributed by atoms with van der Waals surface area (Å²) in [6, 6.07) is 23.0. The Balaban J connectivity index is 1.54. The number of ether oxygens (including phenoxy) is 1. The van der Waals surface area contributed by atoms with Crippen LogP contribution in [-0.4, -0.2) is 17.8 Å². The summed E-state index contributed by atoms with van der Waals surface area (Å²) < 4.78 is 5.19. The maximum absolute atomic E-state index is 13.9. The van der Waals surface area contributed by atoms with Gasteiger partial charge in [-0.1, -0.05) is 61.5 Å². The Morgan fingerprint density at radius 1 is 0.875 bits per heavy atom. The molecule has 1 aliphatic heterocycles. The highest BCUT2D eigenvalue weighted by Crippen LogP contribution is 2.64.